The van der Waals surface area contributed by atoms with E-state index in [-0.39, 0.29) is 23.5 Å². The van der Waals surface area contributed by atoms with Gasteiger partial charge in [0, 0.05) is 11.6 Å². The van der Waals surface area contributed by atoms with Gasteiger partial charge in [-0.15, -0.1) is 0 Å². The summed E-state index contributed by atoms with van der Waals surface area (Å²) in [6.07, 6.45) is -0.295. The minimum atomic E-state index is -1.06. The van der Waals surface area contributed by atoms with Crippen molar-refractivity contribution in [3.8, 4) is 11.5 Å². The Morgan fingerprint density at radius 3 is 2.64 bits per heavy atom. The molecule has 0 aliphatic heterocycles. The number of hydrogen-bond donors (Lipinski definition) is 4. The van der Waals surface area contributed by atoms with E-state index >= 15 is 0 Å². The van der Waals surface area contributed by atoms with Crippen LogP contribution in [0.3, 0.4) is 0 Å². The number of rotatable bonds is 3. The van der Waals surface area contributed by atoms with Gasteiger partial charge in [-0.3, -0.25) is 4.79 Å². The van der Waals surface area contributed by atoms with E-state index in [2.05, 4.69) is 0 Å². The van der Waals surface area contributed by atoms with Gasteiger partial charge in [-0.2, -0.15) is 0 Å². The second-order valence-corrected chi connectivity index (χ2v) is 2.95. The zero-order chi connectivity index (χ0) is 10.7. The van der Waals surface area contributed by atoms with Crippen molar-refractivity contribution in [2.24, 2.45) is 5.73 Å². The Hall–Kier alpha value is -1.75. The molecule has 1 atom stereocenters. The highest BCUT2D eigenvalue weighted by Crippen LogP contribution is 2.28. The van der Waals surface area contributed by atoms with Gasteiger partial charge in [0.1, 0.15) is 11.5 Å². The Balaban J connectivity index is 2.93. The molecule has 1 aromatic rings. The summed E-state index contributed by atoms with van der Waals surface area (Å²) in [7, 11) is 0. The molecule has 14 heavy (non-hydrogen) atoms. The van der Waals surface area contributed by atoms with Crippen LogP contribution in [0.5, 0.6) is 11.5 Å². The number of aliphatic carboxylic acids is 1. The smallest absolute Gasteiger partial charge is 0.305 e. The Morgan fingerprint density at radius 2 is 2.07 bits per heavy atom. The van der Waals surface area contributed by atoms with Crippen LogP contribution in [0, 0.1) is 0 Å². The van der Waals surface area contributed by atoms with Crippen LogP contribution < -0.4 is 5.73 Å². The van der Waals surface area contributed by atoms with Gasteiger partial charge in [-0.1, -0.05) is 0 Å². The van der Waals surface area contributed by atoms with Crippen molar-refractivity contribution in [1.82, 2.24) is 0 Å². The number of carboxylic acids is 1. The molecule has 76 valence electrons. The molecule has 0 heterocycles. The lowest BCUT2D eigenvalue weighted by Crippen LogP contribution is -2.15. The van der Waals surface area contributed by atoms with Gasteiger partial charge >= 0.3 is 5.97 Å². The summed E-state index contributed by atoms with van der Waals surface area (Å²) in [5, 5.41) is 26.9. The molecular formula is C9H11NO4. The summed E-state index contributed by atoms with van der Waals surface area (Å²) in [5.41, 5.74) is 5.74. The third-order valence-corrected chi connectivity index (χ3v) is 1.81. The first-order chi connectivity index (χ1) is 6.50. The first-order valence-corrected chi connectivity index (χ1v) is 4.00. The maximum Gasteiger partial charge on any atom is 0.305 e. The highest BCUT2D eigenvalue weighted by Gasteiger charge is 2.14. The molecule has 0 aliphatic carbocycles. The summed E-state index contributed by atoms with van der Waals surface area (Å²) in [5.74, 6) is -1.23. The molecule has 0 fully saturated rings. The van der Waals surface area contributed by atoms with Gasteiger partial charge in [0.05, 0.1) is 6.42 Å². The lowest BCUT2D eigenvalue weighted by atomic mass is 10.0. The van der Waals surface area contributed by atoms with E-state index < -0.39 is 12.0 Å². The monoisotopic (exact) mass is 197 g/mol. The molecule has 0 spiro atoms. The summed E-state index contributed by atoms with van der Waals surface area (Å²) in [6.45, 7) is 0. The Kier molecular flexibility index (Phi) is 2.93. The summed E-state index contributed by atoms with van der Waals surface area (Å²) < 4.78 is 0. The summed E-state index contributed by atoms with van der Waals surface area (Å²) in [4.78, 5) is 10.4. The molecule has 1 rings (SSSR count). The predicted molar refractivity (Wildman–Crippen MR) is 49.0 cm³/mol. The number of hydrogen-bond acceptors (Lipinski definition) is 4. The van der Waals surface area contributed by atoms with E-state index in [4.69, 9.17) is 15.9 Å². The molecular weight excluding hydrogens is 186 g/mol. The van der Waals surface area contributed by atoms with Crippen LogP contribution in [0.15, 0.2) is 18.2 Å². The van der Waals surface area contributed by atoms with Crippen LogP contribution in [0.25, 0.3) is 0 Å². The quantitative estimate of drug-likeness (QED) is 0.530. The Bertz CT molecular complexity index is 351. The van der Waals surface area contributed by atoms with Crippen molar-refractivity contribution in [3.05, 3.63) is 23.8 Å². The molecule has 0 saturated carbocycles. The highest BCUT2D eigenvalue weighted by molar-refractivity contribution is 5.68. The Labute approximate surface area is 80.4 Å². The van der Waals surface area contributed by atoms with E-state index in [1.807, 2.05) is 0 Å². The largest absolute Gasteiger partial charge is 0.508 e. The van der Waals surface area contributed by atoms with Crippen molar-refractivity contribution in [2.75, 3.05) is 0 Å². The van der Waals surface area contributed by atoms with E-state index in [0.29, 0.717) is 0 Å². The number of carbonyl (C=O) groups is 1. The van der Waals surface area contributed by atoms with E-state index in [0.717, 1.165) is 0 Å². The fourth-order valence-corrected chi connectivity index (χ4v) is 1.14. The van der Waals surface area contributed by atoms with E-state index in [1.54, 1.807) is 0 Å². The molecule has 1 unspecified atom stereocenters. The average Bonchev–Trinajstić information content (AvgIpc) is 2.08. The van der Waals surface area contributed by atoms with Crippen LogP contribution in [0.2, 0.25) is 0 Å². The molecule has 0 bridgehead atoms. The molecule has 0 radical (unpaired) electrons. The molecule has 5 N–H and O–H groups in total. The zero-order valence-corrected chi connectivity index (χ0v) is 7.34. The Morgan fingerprint density at radius 1 is 1.43 bits per heavy atom. The number of benzene rings is 1. The minimum Gasteiger partial charge on any atom is -0.508 e. The van der Waals surface area contributed by atoms with Crippen LogP contribution in [-0.4, -0.2) is 21.3 Å². The van der Waals surface area contributed by atoms with E-state index in [9.17, 15) is 9.90 Å². The lowest BCUT2D eigenvalue weighted by molar-refractivity contribution is -0.137. The fourth-order valence-electron chi connectivity index (χ4n) is 1.14. The van der Waals surface area contributed by atoms with Crippen LogP contribution in [0.4, 0.5) is 0 Å². The van der Waals surface area contributed by atoms with Gasteiger partial charge in [0.25, 0.3) is 0 Å². The molecule has 5 nitrogen and oxygen atoms in total. The first kappa shape index (κ1) is 10.3. The fraction of sp³-hybridized carbons (Fsp3) is 0.222. The van der Waals surface area contributed by atoms with Gasteiger partial charge < -0.3 is 21.1 Å². The number of phenolic OH excluding ortho intramolecular Hbond substituents is 2. The SMILES string of the molecule is NC(CC(=O)O)c1cc(O)ccc1O. The average molecular weight is 197 g/mol. The topological polar surface area (TPSA) is 104 Å². The van der Waals surface area contributed by atoms with Gasteiger partial charge in [0.15, 0.2) is 0 Å². The minimum absolute atomic E-state index is 0.0568. The van der Waals surface area contributed by atoms with Gasteiger partial charge in [-0.05, 0) is 18.2 Å². The third-order valence-electron chi connectivity index (χ3n) is 1.81. The maximum absolute atomic E-state index is 10.4. The number of phenols is 2. The van der Waals surface area contributed by atoms with Crippen LogP contribution in [-0.2, 0) is 4.79 Å². The number of aromatic hydroxyl groups is 2. The third kappa shape index (κ3) is 2.37. The second kappa shape index (κ2) is 3.97. The lowest BCUT2D eigenvalue weighted by Gasteiger charge is -2.11. The first-order valence-electron chi connectivity index (χ1n) is 4.00. The number of nitrogens with two attached hydrogens (primary N) is 1. The van der Waals surface area contributed by atoms with Crippen LogP contribution >= 0.6 is 0 Å². The van der Waals surface area contributed by atoms with E-state index in [1.165, 1.54) is 18.2 Å². The zero-order valence-electron chi connectivity index (χ0n) is 7.34. The normalized spacial score (nSPS) is 12.4. The molecule has 1 aromatic carbocycles. The molecule has 0 saturated heterocycles. The number of carboxylic acid groups (broad SMARTS) is 1. The standard InChI is InChI=1S/C9H11NO4/c10-7(4-9(13)14)6-3-5(11)1-2-8(6)12/h1-3,7,11-12H,4,10H2,(H,13,14). The van der Waals surface area contributed by atoms with Crippen molar-refractivity contribution >= 4 is 5.97 Å². The van der Waals surface area contributed by atoms with Crippen molar-refractivity contribution < 1.29 is 20.1 Å². The molecule has 5 heteroatoms. The van der Waals surface area contributed by atoms with Crippen LogP contribution in [0.1, 0.15) is 18.0 Å². The summed E-state index contributed by atoms with van der Waals surface area (Å²) in [6, 6.07) is 3.00. The van der Waals surface area contributed by atoms with Crippen molar-refractivity contribution in [1.29, 1.82) is 0 Å². The highest BCUT2D eigenvalue weighted by atomic mass is 16.4. The van der Waals surface area contributed by atoms with Crippen molar-refractivity contribution in [3.63, 3.8) is 0 Å². The molecule has 0 aliphatic rings. The van der Waals surface area contributed by atoms with Crippen molar-refractivity contribution in [2.45, 2.75) is 12.5 Å². The molecule has 0 amide bonds. The van der Waals surface area contributed by atoms with Gasteiger partial charge in [-0.25, -0.2) is 0 Å². The second-order valence-electron chi connectivity index (χ2n) is 2.95. The molecule has 0 aromatic heterocycles. The summed E-state index contributed by atoms with van der Waals surface area (Å²) >= 11 is 0. The van der Waals surface area contributed by atoms with Gasteiger partial charge in [0.2, 0.25) is 0 Å². The maximum atomic E-state index is 10.4. The predicted octanol–water partition coefficient (Wildman–Crippen LogP) is 0.572.